The summed E-state index contributed by atoms with van der Waals surface area (Å²) >= 11 is 0. The second-order valence-electron chi connectivity index (χ2n) is 6.52. The summed E-state index contributed by atoms with van der Waals surface area (Å²) < 4.78 is 12.9. The fourth-order valence-electron chi connectivity index (χ4n) is 2.80. The van der Waals surface area contributed by atoms with Crippen LogP contribution in [0.25, 0.3) is 0 Å². The SMILES string of the molecule is CN=C(NCCCOC1CCOC1)NCC(c1cnn(C)c1)N(C)C.I. The number of nitrogens with zero attached hydrogens (tertiary/aromatic N) is 4. The van der Waals surface area contributed by atoms with Crippen LogP contribution in [-0.4, -0.2) is 80.8 Å². The standard InChI is InChI=1S/C17H32N6O2.HI/c1-18-17(19-7-5-8-25-15-6-9-24-13-15)20-11-16(22(2)3)14-10-21-23(4)12-14;/h10,12,15-16H,5-9,11,13H2,1-4H3,(H2,18,19,20);1H. The number of guanidine groups is 1. The zero-order valence-electron chi connectivity index (χ0n) is 16.3. The summed E-state index contributed by atoms with van der Waals surface area (Å²) in [5.41, 5.74) is 1.18. The topological polar surface area (TPSA) is 75.9 Å². The van der Waals surface area contributed by atoms with Gasteiger partial charge >= 0.3 is 0 Å². The van der Waals surface area contributed by atoms with Crippen LogP contribution >= 0.6 is 24.0 Å². The van der Waals surface area contributed by atoms with Crippen molar-refractivity contribution in [3.63, 3.8) is 0 Å². The molecule has 26 heavy (non-hydrogen) atoms. The molecule has 0 saturated carbocycles. The highest BCUT2D eigenvalue weighted by molar-refractivity contribution is 14.0. The van der Waals surface area contributed by atoms with Crippen LogP contribution in [0.3, 0.4) is 0 Å². The number of rotatable bonds is 9. The first-order chi connectivity index (χ1) is 12.1. The average Bonchev–Trinajstić information content (AvgIpc) is 3.24. The normalized spacial score (nSPS) is 18.7. The van der Waals surface area contributed by atoms with Gasteiger partial charge in [0.15, 0.2) is 5.96 Å². The summed E-state index contributed by atoms with van der Waals surface area (Å²) in [6.07, 6.45) is 6.19. The summed E-state index contributed by atoms with van der Waals surface area (Å²) in [7, 11) is 7.86. The van der Waals surface area contributed by atoms with Crippen LogP contribution in [0, 0.1) is 0 Å². The molecule has 2 atom stereocenters. The highest BCUT2D eigenvalue weighted by Gasteiger charge is 2.17. The van der Waals surface area contributed by atoms with Crippen LogP contribution in [0.1, 0.15) is 24.4 Å². The lowest BCUT2D eigenvalue weighted by molar-refractivity contribution is 0.0420. The molecule has 150 valence electrons. The van der Waals surface area contributed by atoms with E-state index in [0.29, 0.717) is 0 Å². The molecule has 1 saturated heterocycles. The van der Waals surface area contributed by atoms with Crippen molar-refractivity contribution in [2.75, 3.05) is 54.1 Å². The molecule has 2 heterocycles. The van der Waals surface area contributed by atoms with Crippen molar-refractivity contribution >= 4 is 29.9 Å². The van der Waals surface area contributed by atoms with Crippen LogP contribution in [0.4, 0.5) is 0 Å². The van der Waals surface area contributed by atoms with E-state index in [1.54, 1.807) is 7.05 Å². The number of aromatic nitrogens is 2. The fraction of sp³-hybridized carbons (Fsp3) is 0.765. The number of nitrogens with one attached hydrogen (secondary N) is 2. The van der Waals surface area contributed by atoms with Crippen molar-refractivity contribution in [3.05, 3.63) is 18.0 Å². The maximum atomic E-state index is 5.77. The minimum Gasteiger partial charge on any atom is -0.379 e. The Labute approximate surface area is 173 Å². The first-order valence-electron chi connectivity index (χ1n) is 8.89. The minimum atomic E-state index is 0. The Morgan fingerprint density at radius 2 is 2.31 bits per heavy atom. The molecule has 1 aromatic rings. The maximum Gasteiger partial charge on any atom is 0.191 e. The van der Waals surface area contributed by atoms with Gasteiger partial charge in [0.05, 0.1) is 24.9 Å². The van der Waals surface area contributed by atoms with E-state index in [0.717, 1.165) is 51.7 Å². The van der Waals surface area contributed by atoms with E-state index in [1.165, 1.54) is 5.56 Å². The van der Waals surface area contributed by atoms with Crippen LogP contribution in [0.15, 0.2) is 17.4 Å². The van der Waals surface area contributed by atoms with Gasteiger partial charge in [-0.1, -0.05) is 0 Å². The molecule has 8 nitrogen and oxygen atoms in total. The van der Waals surface area contributed by atoms with E-state index in [2.05, 4.69) is 39.7 Å². The molecular weight excluding hydrogens is 447 g/mol. The van der Waals surface area contributed by atoms with Crippen LogP contribution in [0.2, 0.25) is 0 Å². The second kappa shape index (κ2) is 12.5. The van der Waals surface area contributed by atoms with E-state index in [9.17, 15) is 0 Å². The third-order valence-corrected chi connectivity index (χ3v) is 4.27. The highest BCUT2D eigenvalue weighted by atomic mass is 127. The molecule has 2 rings (SSSR count). The molecule has 1 aromatic heterocycles. The molecule has 9 heteroatoms. The predicted molar refractivity (Wildman–Crippen MR) is 114 cm³/mol. The number of likely N-dealkylation sites (N-methyl/N-ethyl adjacent to an activating group) is 1. The predicted octanol–water partition coefficient (Wildman–Crippen LogP) is 1.00. The molecule has 2 unspecified atom stereocenters. The summed E-state index contributed by atoms with van der Waals surface area (Å²) in [4.78, 5) is 6.46. The molecule has 0 spiro atoms. The Morgan fingerprint density at radius 3 is 2.88 bits per heavy atom. The summed E-state index contributed by atoms with van der Waals surface area (Å²) in [5, 5.41) is 11.0. The molecule has 0 amide bonds. The second-order valence-corrected chi connectivity index (χ2v) is 6.52. The smallest absolute Gasteiger partial charge is 0.191 e. The Hall–Kier alpha value is -0.910. The van der Waals surface area contributed by atoms with Crippen molar-refractivity contribution in [1.29, 1.82) is 0 Å². The molecule has 2 N–H and O–H groups in total. The van der Waals surface area contributed by atoms with Gasteiger partial charge in [-0.05, 0) is 26.9 Å². The van der Waals surface area contributed by atoms with Gasteiger partial charge < -0.3 is 25.0 Å². The van der Waals surface area contributed by atoms with Gasteiger partial charge in [0.1, 0.15) is 0 Å². The van der Waals surface area contributed by atoms with Gasteiger partial charge in [0.2, 0.25) is 0 Å². The molecule has 0 radical (unpaired) electrons. The molecule has 0 aliphatic carbocycles. The van der Waals surface area contributed by atoms with Gasteiger partial charge in [0.25, 0.3) is 0 Å². The van der Waals surface area contributed by atoms with E-state index in [4.69, 9.17) is 9.47 Å². The Bertz CT molecular complexity index is 531. The fourth-order valence-corrected chi connectivity index (χ4v) is 2.80. The third kappa shape index (κ3) is 7.77. The lowest BCUT2D eigenvalue weighted by Crippen LogP contribution is -2.42. The highest BCUT2D eigenvalue weighted by Crippen LogP contribution is 2.15. The lowest BCUT2D eigenvalue weighted by Gasteiger charge is -2.24. The van der Waals surface area contributed by atoms with Crippen LogP contribution in [0.5, 0.6) is 0 Å². The largest absolute Gasteiger partial charge is 0.379 e. The van der Waals surface area contributed by atoms with Gasteiger partial charge in [-0.15, -0.1) is 24.0 Å². The number of aliphatic imine (C=N–C) groups is 1. The van der Waals surface area contributed by atoms with Crippen LogP contribution < -0.4 is 10.6 Å². The van der Waals surface area contributed by atoms with Crippen molar-refractivity contribution in [2.45, 2.75) is 25.0 Å². The van der Waals surface area contributed by atoms with Crippen molar-refractivity contribution in [1.82, 2.24) is 25.3 Å². The van der Waals surface area contributed by atoms with Gasteiger partial charge in [-0.2, -0.15) is 5.10 Å². The van der Waals surface area contributed by atoms with Crippen molar-refractivity contribution in [3.8, 4) is 0 Å². The zero-order chi connectivity index (χ0) is 18.1. The lowest BCUT2D eigenvalue weighted by atomic mass is 10.1. The molecule has 0 aromatic carbocycles. The zero-order valence-corrected chi connectivity index (χ0v) is 18.6. The van der Waals surface area contributed by atoms with Crippen molar-refractivity contribution in [2.24, 2.45) is 12.0 Å². The van der Waals surface area contributed by atoms with Gasteiger partial charge in [-0.25, -0.2) is 0 Å². The Morgan fingerprint density at radius 1 is 1.50 bits per heavy atom. The van der Waals surface area contributed by atoms with Gasteiger partial charge in [0, 0.05) is 52.2 Å². The summed E-state index contributed by atoms with van der Waals surface area (Å²) in [6.45, 7) is 3.88. The van der Waals surface area contributed by atoms with Crippen molar-refractivity contribution < 1.29 is 9.47 Å². The number of ether oxygens (including phenoxy) is 2. The van der Waals surface area contributed by atoms with Crippen LogP contribution in [-0.2, 0) is 16.5 Å². The molecule has 0 bridgehead atoms. The monoisotopic (exact) mass is 480 g/mol. The first kappa shape index (κ1) is 23.1. The van der Waals surface area contributed by atoms with Gasteiger partial charge in [-0.3, -0.25) is 9.67 Å². The summed E-state index contributed by atoms with van der Waals surface area (Å²) in [5.74, 6) is 0.806. The van der Waals surface area contributed by atoms with E-state index in [-0.39, 0.29) is 36.1 Å². The Balaban J connectivity index is 0.00000338. The average molecular weight is 480 g/mol. The molecular formula is C17H33IN6O2. The Kier molecular flexibility index (Phi) is 11.1. The number of halogens is 1. The van der Waals surface area contributed by atoms with E-state index < -0.39 is 0 Å². The number of hydrogen-bond acceptors (Lipinski definition) is 5. The minimum absolute atomic E-state index is 0. The summed E-state index contributed by atoms with van der Waals surface area (Å²) in [6, 6.07) is 0.234. The molecule has 1 fully saturated rings. The number of hydrogen-bond donors (Lipinski definition) is 2. The maximum absolute atomic E-state index is 5.77. The number of aryl methyl sites for hydroxylation is 1. The quantitative estimate of drug-likeness (QED) is 0.238. The first-order valence-corrected chi connectivity index (χ1v) is 8.89. The third-order valence-electron chi connectivity index (χ3n) is 4.27. The molecule has 1 aliphatic rings. The molecule has 1 aliphatic heterocycles. The van der Waals surface area contributed by atoms with E-state index in [1.807, 2.05) is 24.1 Å². The van der Waals surface area contributed by atoms with E-state index >= 15 is 0 Å².